The first-order chi connectivity index (χ1) is 14.4. The maximum atomic E-state index is 12.8. The van der Waals surface area contributed by atoms with Crippen LogP contribution < -0.4 is 4.90 Å². The van der Waals surface area contributed by atoms with Crippen LogP contribution in [-0.2, 0) is 25.1 Å². The molecule has 0 saturated heterocycles. The molecule has 30 heavy (non-hydrogen) atoms. The summed E-state index contributed by atoms with van der Waals surface area (Å²) in [7, 11) is -1.57. The fraction of sp³-hybridized carbons (Fsp3) is 0.458. The lowest BCUT2D eigenvalue weighted by Gasteiger charge is -2.20. The van der Waals surface area contributed by atoms with Gasteiger partial charge in [-0.3, -0.25) is 4.79 Å². The second-order valence-electron chi connectivity index (χ2n) is 7.55. The summed E-state index contributed by atoms with van der Waals surface area (Å²) in [5, 5.41) is 0. The lowest BCUT2D eigenvalue weighted by atomic mass is 10.1. The SMILES string of the molecule is CCCCCCCC(=O)OCCN(C)c1cccc(S(=O)(=O)Cc2ccccc2)c1. The summed E-state index contributed by atoms with van der Waals surface area (Å²) in [6, 6.07) is 16.1. The number of esters is 1. The van der Waals surface area contributed by atoms with Gasteiger partial charge in [0.05, 0.1) is 17.2 Å². The number of unbranched alkanes of at least 4 members (excludes halogenated alkanes) is 4. The van der Waals surface area contributed by atoms with E-state index in [4.69, 9.17) is 4.74 Å². The molecule has 0 amide bonds. The van der Waals surface area contributed by atoms with Crippen molar-refractivity contribution in [1.82, 2.24) is 0 Å². The molecule has 0 N–H and O–H groups in total. The van der Waals surface area contributed by atoms with Gasteiger partial charge in [-0.05, 0) is 30.2 Å². The van der Waals surface area contributed by atoms with Crippen LogP contribution in [0.5, 0.6) is 0 Å². The number of benzene rings is 2. The highest BCUT2D eigenvalue weighted by Gasteiger charge is 2.16. The van der Waals surface area contributed by atoms with Crippen molar-refractivity contribution < 1.29 is 17.9 Å². The van der Waals surface area contributed by atoms with Gasteiger partial charge < -0.3 is 9.64 Å². The molecule has 5 nitrogen and oxygen atoms in total. The van der Waals surface area contributed by atoms with Gasteiger partial charge in [-0.25, -0.2) is 8.42 Å². The van der Waals surface area contributed by atoms with Gasteiger partial charge in [0.1, 0.15) is 6.61 Å². The van der Waals surface area contributed by atoms with Crippen LogP contribution in [0.25, 0.3) is 0 Å². The van der Waals surface area contributed by atoms with Crippen LogP contribution in [0.4, 0.5) is 5.69 Å². The summed E-state index contributed by atoms with van der Waals surface area (Å²) in [6.07, 6.45) is 5.95. The van der Waals surface area contributed by atoms with E-state index in [-0.39, 0.29) is 18.3 Å². The monoisotopic (exact) mass is 431 g/mol. The minimum absolute atomic E-state index is 0.0309. The highest BCUT2D eigenvalue weighted by Crippen LogP contribution is 2.22. The minimum atomic E-state index is -3.43. The second kappa shape index (κ2) is 12.4. The van der Waals surface area contributed by atoms with Crippen molar-refractivity contribution in [3.8, 4) is 0 Å². The lowest BCUT2D eigenvalue weighted by molar-refractivity contribution is -0.143. The van der Waals surface area contributed by atoms with Crippen LogP contribution in [0.2, 0.25) is 0 Å². The Kier molecular flexibility index (Phi) is 9.87. The normalized spacial score (nSPS) is 11.3. The van der Waals surface area contributed by atoms with Gasteiger partial charge in [0, 0.05) is 19.2 Å². The van der Waals surface area contributed by atoms with Crippen molar-refractivity contribution in [2.24, 2.45) is 0 Å². The molecule has 0 aliphatic rings. The van der Waals surface area contributed by atoms with Gasteiger partial charge in [-0.1, -0.05) is 69.0 Å². The number of ether oxygens (including phenoxy) is 1. The van der Waals surface area contributed by atoms with Crippen LogP contribution in [-0.4, -0.2) is 34.6 Å². The summed E-state index contributed by atoms with van der Waals surface area (Å²) < 4.78 is 30.8. The Morgan fingerprint density at radius 3 is 2.43 bits per heavy atom. The quantitative estimate of drug-likeness (QED) is 0.330. The Bertz CT molecular complexity index is 881. The molecule has 0 radical (unpaired) electrons. The molecular formula is C24H33NO4S. The number of carbonyl (C=O) groups excluding carboxylic acids is 1. The third-order valence-electron chi connectivity index (χ3n) is 4.99. The Balaban J connectivity index is 1.84. The summed E-state index contributed by atoms with van der Waals surface area (Å²) in [4.78, 5) is 14.0. The zero-order valence-corrected chi connectivity index (χ0v) is 18.9. The first kappa shape index (κ1) is 23.9. The molecule has 2 aromatic rings. The highest BCUT2D eigenvalue weighted by molar-refractivity contribution is 7.90. The van der Waals surface area contributed by atoms with Gasteiger partial charge in [0.2, 0.25) is 0 Å². The van der Waals surface area contributed by atoms with Gasteiger partial charge in [0.15, 0.2) is 9.84 Å². The number of sulfone groups is 1. The van der Waals surface area contributed by atoms with Crippen LogP contribution in [0, 0.1) is 0 Å². The maximum absolute atomic E-state index is 12.8. The molecule has 2 aromatic carbocycles. The van der Waals surface area contributed by atoms with E-state index in [2.05, 4.69) is 6.92 Å². The largest absolute Gasteiger partial charge is 0.464 e. The maximum Gasteiger partial charge on any atom is 0.305 e. The Morgan fingerprint density at radius 2 is 1.70 bits per heavy atom. The molecule has 0 saturated carbocycles. The Hall–Kier alpha value is -2.34. The number of carbonyl (C=O) groups is 1. The predicted molar refractivity (Wildman–Crippen MR) is 121 cm³/mol. The molecule has 0 fully saturated rings. The summed E-state index contributed by atoms with van der Waals surface area (Å²) in [5.41, 5.74) is 1.54. The Morgan fingerprint density at radius 1 is 0.967 bits per heavy atom. The zero-order valence-electron chi connectivity index (χ0n) is 18.0. The molecule has 0 aromatic heterocycles. The number of nitrogens with zero attached hydrogens (tertiary/aromatic N) is 1. The lowest BCUT2D eigenvalue weighted by Crippen LogP contribution is -2.24. The van der Waals surface area contributed by atoms with Crippen molar-refractivity contribution in [3.63, 3.8) is 0 Å². The van der Waals surface area contributed by atoms with E-state index in [0.717, 1.165) is 30.5 Å². The van der Waals surface area contributed by atoms with Crippen molar-refractivity contribution in [2.75, 3.05) is 25.1 Å². The molecule has 0 bridgehead atoms. The molecule has 0 heterocycles. The van der Waals surface area contributed by atoms with E-state index < -0.39 is 9.84 Å². The van der Waals surface area contributed by atoms with Crippen molar-refractivity contribution in [3.05, 3.63) is 60.2 Å². The van der Waals surface area contributed by atoms with Crippen molar-refractivity contribution in [2.45, 2.75) is 56.1 Å². The van der Waals surface area contributed by atoms with Gasteiger partial charge in [0.25, 0.3) is 0 Å². The van der Waals surface area contributed by atoms with Crippen molar-refractivity contribution in [1.29, 1.82) is 0 Å². The number of hydrogen-bond acceptors (Lipinski definition) is 5. The molecule has 6 heteroatoms. The molecule has 0 atom stereocenters. The van der Waals surface area contributed by atoms with E-state index in [9.17, 15) is 13.2 Å². The van der Waals surface area contributed by atoms with Crippen LogP contribution in [0.15, 0.2) is 59.5 Å². The van der Waals surface area contributed by atoms with Crippen LogP contribution in [0.1, 0.15) is 51.0 Å². The Labute approximate surface area is 181 Å². The molecular weight excluding hydrogens is 398 g/mol. The average Bonchev–Trinajstić information content (AvgIpc) is 2.74. The second-order valence-corrected chi connectivity index (χ2v) is 9.54. The van der Waals surface area contributed by atoms with Gasteiger partial charge in [-0.2, -0.15) is 0 Å². The third kappa shape index (κ3) is 8.19. The number of rotatable bonds is 13. The van der Waals surface area contributed by atoms with E-state index in [1.54, 1.807) is 18.2 Å². The molecule has 0 spiro atoms. The van der Waals surface area contributed by atoms with Crippen LogP contribution >= 0.6 is 0 Å². The van der Waals surface area contributed by atoms with Crippen molar-refractivity contribution >= 4 is 21.5 Å². The number of hydrogen-bond donors (Lipinski definition) is 0. The van der Waals surface area contributed by atoms with Gasteiger partial charge in [-0.15, -0.1) is 0 Å². The molecule has 0 aliphatic carbocycles. The molecule has 0 unspecified atom stereocenters. The minimum Gasteiger partial charge on any atom is -0.464 e. The summed E-state index contributed by atoms with van der Waals surface area (Å²) in [5.74, 6) is -0.198. The van der Waals surface area contributed by atoms with Crippen LogP contribution in [0.3, 0.4) is 0 Å². The number of anilines is 1. The zero-order chi connectivity index (χ0) is 21.8. The molecule has 164 valence electrons. The predicted octanol–water partition coefficient (Wildman–Crippen LogP) is 5.00. The van der Waals surface area contributed by atoms with E-state index in [1.807, 2.05) is 48.3 Å². The van der Waals surface area contributed by atoms with E-state index in [0.29, 0.717) is 17.9 Å². The van der Waals surface area contributed by atoms with Gasteiger partial charge >= 0.3 is 5.97 Å². The summed E-state index contributed by atoms with van der Waals surface area (Å²) in [6.45, 7) is 2.95. The average molecular weight is 432 g/mol. The van der Waals surface area contributed by atoms with E-state index in [1.165, 1.54) is 12.8 Å². The van der Waals surface area contributed by atoms with E-state index >= 15 is 0 Å². The molecule has 0 aliphatic heterocycles. The standard InChI is InChI=1S/C24H33NO4S/c1-3-4-5-6-10-16-24(26)29-18-17-25(2)22-14-11-15-23(19-22)30(27,28)20-21-12-8-7-9-13-21/h7-9,11-15,19H,3-6,10,16-18,20H2,1-2H3. The fourth-order valence-electron chi connectivity index (χ4n) is 3.16. The first-order valence-electron chi connectivity index (χ1n) is 10.7. The number of likely N-dealkylation sites (N-methyl/N-ethyl adjacent to an activating group) is 1. The smallest absolute Gasteiger partial charge is 0.305 e. The first-order valence-corrected chi connectivity index (χ1v) is 12.3. The fourth-order valence-corrected chi connectivity index (χ4v) is 4.55. The summed E-state index contributed by atoms with van der Waals surface area (Å²) >= 11 is 0. The topological polar surface area (TPSA) is 63.7 Å². The highest BCUT2D eigenvalue weighted by atomic mass is 32.2. The third-order valence-corrected chi connectivity index (χ3v) is 6.68. The molecule has 2 rings (SSSR count).